The van der Waals surface area contributed by atoms with E-state index in [4.69, 9.17) is 15.2 Å². The third-order valence-corrected chi connectivity index (χ3v) is 3.86. The van der Waals surface area contributed by atoms with Crippen LogP contribution in [0.5, 0.6) is 0 Å². The first-order valence-electron chi connectivity index (χ1n) is 6.53. The van der Waals surface area contributed by atoms with Gasteiger partial charge >= 0.3 is 0 Å². The summed E-state index contributed by atoms with van der Waals surface area (Å²) in [5.74, 6) is 0.690. The van der Waals surface area contributed by atoms with Crippen LogP contribution >= 0.6 is 0 Å². The minimum Gasteiger partial charge on any atom is -0.381 e. The first-order valence-corrected chi connectivity index (χ1v) is 6.53. The average molecular weight is 229 g/mol. The second-order valence-corrected chi connectivity index (χ2v) is 5.12. The Morgan fingerprint density at radius 2 is 2.00 bits per heavy atom. The average Bonchev–Trinajstić information content (AvgIpc) is 2.30. The fourth-order valence-electron chi connectivity index (χ4n) is 2.70. The predicted octanol–water partition coefficient (Wildman–Crippen LogP) is 2.34. The van der Waals surface area contributed by atoms with Crippen molar-refractivity contribution < 1.29 is 9.47 Å². The number of hydrogen-bond donors (Lipinski definition) is 1. The lowest BCUT2D eigenvalue weighted by Gasteiger charge is -2.41. The molecule has 0 aromatic heterocycles. The van der Waals surface area contributed by atoms with Crippen molar-refractivity contribution in [3.8, 4) is 0 Å². The van der Waals surface area contributed by atoms with Crippen molar-refractivity contribution in [1.82, 2.24) is 0 Å². The molecule has 0 spiro atoms. The van der Waals surface area contributed by atoms with Gasteiger partial charge in [0.25, 0.3) is 0 Å². The molecule has 1 aliphatic heterocycles. The number of nitrogens with two attached hydrogens (primary N) is 1. The molecule has 0 amide bonds. The summed E-state index contributed by atoms with van der Waals surface area (Å²) >= 11 is 0. The molecule has 1 saturated heterocycles. The maximum atomic E-state index is 6.34. The van der Waals surface area contributed by atoms with E-state index in [1.54, 1.807) is 7.11 Å². The molecule has 0 aromatic rings. The number of hydrogen-bond acceptors (Lipinski definition) is 3. The summed E-state index contributed by atoms with van der Waals surface area (Å²) in [5.41, 5.74) is 6.21. The SMILES string of the molecule is CCCC(C)CC(N)C1(OC)CCOCC1. The molecule has 16 heavy (non-hydrogen) atoms. The standard InChI is InChI=1S/C13H27NO2/c1-4-5-11(2)10-12(14)13(15-3)6-8-16-9-7-13/h11-12H,4-10,14H2,1-3H3. The van der Waals surface area contributed by atoms with Gasteiger partial charge in [0.15, 0.2) is 0 Å². The summed E-state index contributed by atoms with van der Waals surface area (Å²) in [7, 11) is 1.79. The van der Waals surface area contributed by atoms with Crippen LogP contribution in [-0.4, -0.2) is 32.0 Å². The third kappa shape index (κ3) is 3.44. The van der Waals surface area contributed by atoms with Crippen LogP contribution in [0.2, 0.25) is 0 Å². The monoisotopic (exact) mass is 229 g/mol. The maximum absolute atomic E-state index is 6.34. The van der Waals surface area contributed by atoms with Gasteiger partial charge in [0.05, 0.1) is 5.60 Å². The molecular formula is C13H27NO2. The summed E-state index contributed by atoms with van der Waals surface area (Å²) in [6.45, 7) is 6.07. The van der Waals surface area contributed by atoms with Crippen molar-refractivity contribution in [1.29, 1.82) is 0 Å². The van der Waals surface area contributed by atoms with Crippen molar-refractivity contribution in [2.24, 2.45) is 11.7 Å². The zero-order valence-corrected chi connectivity index (χ0v) is 11.0. The van der Waals surface area contributed by atoms with Crippen molar-refractivity contribution in [2.75, 3.05) is 20.3 Å². The lowest BCUT2D eigenvalue weighted by molar-refractivity contribution is -0.107. The number of ether oxygens (including phenoxy) is 2. The van der Waals surface area contributed by atoms with Gasteiger partial charge in [-0.3, -0.25) is 0 Å². The highest BCUT2D eigenvalue weighted by Crippen LogP contribution is 2.30. The van der Waals surface area contributed by atoms with E-state index in [2.05, 4.69) is 13.8 Å². The molecule has 2 N–H and O–H groups in total. The Balaban J connectivity index is 2.50. The van der Waals surface area contributed by atoms with E-state index < -0.39 is 0 Å². The van der Waals surface area contributed by atoms with Crippen molar-refractivity contribution in [3.05, 3.63) is 0 Å². The van der Waals surface area contributed by atoms with Crippen molar-refractivity contribution in [3.63, 3.8) is 0 Å². The van der Waals surface area contributed by atoms with E-state index in [1.165, 1.54) is 12.8 Å². The molecule has 3 heteroatoms. The second kappa shape index (κ2) is 6.58. The fraction of sp³-hybridized carbons (Fsp3) is 1.00. The molecule has 2 atom stereocenters. The lowest BCUT2D eigenvalue weighted by atomic mass is 9.81. The van der Waals surface area contributed by atoms with Gasteiger partial charge in [0.2, 0.25) is 0 Å². The van der Waals surface area contributed by atoms with Gasteiger partial charge in [-0.2, -0.15) is 0 Å². The summed E-state index contributed by atoms with van der Waals surface area (Å²) in [6, 6.07) is 0.142. The van der Waals surface area contributed by atoms with E-state index in [9.17, 15) is 0 Å². The van der Waals surface area contributed by atoms with Gasteiger partial charge < -0.3 is 15.2 Å². The Hall–Kier alpha value is -0.120. The Kier molecular flexibility index (Phi) is 5.73. The number of methoxy groups -OCH3 is 1. The molecule has 0 radical (unpaired) electrons. The Bertz CT molecular complexity index is 190. The molecule has 1 heterocycles. The molecule has 96 valence electrons. The van der Waals surface area contributed by atoms with E-state index in [-0.39, 0.29) is 11.6 Å². The highest BCUT2D eigenvalue weighted by molar-refractivity contribution is 4.93. The van der Waals surface area contributed by atoms with Crippen LogP contribution in [0.1, 0.15) is 46.0 Å². The molecule has 1 aliphatic rings. The zero-order valence-electron chi connectivity index (χ0n) is 11.0. The molecule has 1 fully saturated rings. The van der Waals surface area contributed by atoms with Crippen LogP contribution in [0.25, 0.3) is 0 Å². The minimum absolute atomic E-state index is 0.139. The molecule has 0 bridgehead atoms. The van der Waals surface area contributed by atoms with E-state index in [0.29, 0.717) is 5.92 Å². The van der Waals surface area contributed by atoms with Gasteiger partial charge in [-0.1, -0.05) is 26.7 Å². The molecule has 3 nitrogen and oxygen atoms in total. The Morgan fingerprint density at radius 3 is 2.50 bits per heavy atom. The number of rotatable bonds is 6. The lowest BCUT2D eigenvalue weighted by Crippen LogP contribution is -2.53. The van der Waals surface area contributed by atoms with Crippen LogP contribution < -0.4 is 5.73 Å². The van der Waals surface area contributed by atoms with Gasteiger partial charge in [0, 0.05) is 39.2 Å². The van der Waals surface area contributed by atoms with Crippen LogP contribution in [0.3, 0.4) is 0 Å². The summed E-state index contributed by atoms with van der Waals surface area (Å²) in [6.07, 6.45) is 5.41. The van der Waals surface area contributed by atoms with Crippen molar-refractivity contribution >= 4 is 0 Å². The Labute approximate surface area is 99.7 Å². The van der Waals surface area contributed by atoms with E-state index in [0.717, 1.165) is 32.5 Å². The smallest absolute Gasteiger partial charge is 0.0872 e. The first-order chi connectivity index (χ1) is 7.64. The summed E-state index contributed by atoms with van der Waals surface area (Å²) in [5, 5.41) is 0. The van der Waals surface area contributed by atoms with Gasteiger partial charge in [0.1, 0.15) is 0 Å². The molecule has 1 rings (SSSR count). The highest BCUT2D eigenvalue weighted by Gasteiger charge is 2.38. The molecule has 2 unspecified atom stereocenters. The predicted molar refractivity (Wildman–Crippen MR) is 66.5 cm³/mol. The zero-order chi connectivity index (χ0) is 12.0. The molecule has 0 aromatic carbocycles. The maximum Gasteiger partial charge on any atom is 0.0872 e. The highest BCUT2D eigenvalue weighted by atomic mass is 16.5. The Morgan fingerprint density at radius 1 is 1.38 bits per heavy atom. The van der Waals surface area contributed by atoms with Crippen LogP contribution in [0, 0.1) is 5.92 Å². The second-order valence-electron chi connectivity index (χ2n) is 5.12. The normalized spacial score (nSPS) is 24.0. The van der Waals surface area contributed by atoms with E-state index in [1.807, 2.05) is 0 Å². The fourth-order valence-corrected chi connectivity index (χ4v) is 2.70. The molecule has 0 saturated carbocycles. The van der Waals surface area contributed by atoms with Gasteiger partial charge in [-0.25, -0.2) is 0 Å². The quantitative estimate of drug-likeness (QED) is 0.760. The van der Waals surface area contributed by atoms with Crippen LogP contribution in [0.4, 0.5) is 0 Å². The first kappa shape index (κ1) is 13.9. The van der Waals surface area contributed by atoms with Crippen molar-refractivity contribution in [2.45, 2.75) is 57.6 Å². The summed E-state index contributed by atoms with van der Waals surface area (Å²) < 4.78 is 11.1. The van der Waals surface area contributed by atoms with Gasteiger partial charge in [-0.05, 0) is 12.3 Å². The molecular weight excluding hydrogens is 202 g/mol. The van der Waals surface area contributed by atoms with Gasteiger partial charge in [-0.15, -0.1) is 0 Å². The van der Waals surface area contributed by atoms with Crippen LogP contribution in [-0.2, 0) is 9.47 Å². The topological polar surface area (TPSA) is 44.5 Å². The largest absolute Gasteiger partial charge is 0.381 e. The third-order valence-electron chi connectivity index (χ3n) is 3.86. The summed E-state index contributed by atoms with van der Waals surface area (Å²) in [4.78, 5) is 0. The van der Waals surface area contributed by atoms with E-state index >= 15 is 0 Å². The minimum atomic E-state index is -0.139. The molecule has 0 aliphatic carbocycles. The van der Waals surface area contributed by atoms with Crippen LogP contribution in [0.15, 0.2) is 0 Å².